The Morgan fingerprint density at radius 1 is 1.24 bits per heavy atom. The summed E-state index contributed by atoms with van der Waals surface area (Å²) in [6, 6.07) is 4.88. The average molecular weight is 348 g/mol. The lowest BCUT2D eigenvalue weighted by molar-refractivity contribution is -0.133. The minimum absolute atomic E-state index is 0.0573. The van der Waals surface area contributed by atoms with Crippen LogP contribution in [0, 0.1) is 11.2 Å². The maximum absolute atomic E-state index is 13.4. The molecule has 0 atom stereocenters. The number of piperidine rings is 1. The SMILES string of the molecule is CN(C)C1CCC2(CC1)CCN(C(=O)Cc1ccc(O)c(F)c1)CC2. The van der Waals surface area contributed by atoms with E-state index in [4.69, 9.17) is 0 Å². The van der Waals surface area contributed by atoms with Gasteiger partial charge in [0.05, 0.1) is 6.42 Å². The van der Waals surface area contributed by atoms with Gasteiger partial charge in [0, 0.05) is 19.1 Å². The van der Waals surface area contributed by atoms with Crippen LogP contribution < -0.4 is 0 Å². The molecule has 4 nitrogen and oxygen atoms in total. The Hall–Kier alpha value is -1.62. The van der Waals surface area contributed by atoms with E-state index in [9.17, 15) is 14.3 Å². The molecule has 0 unspecified atom stereocenters. The van der Waals surface area contributed by atoms with Crippen LogP contribution in [0.1, 0.15) is 44.1 Å². The number of likely N-dealkylation sites (tertiary alicyclic amines) is 1. The molecule has 0 radical (unpaired) electrons. The van der Waals surface area contributed by atoms with Crippen molar-refractivity contribution < 1.29 is 14.3 Å². The predicted molar refractivity (Wildman–Crippen MR) is 96.0 cm³/mol. The van der Waals surface area contributed by atoms with Gasteiger partial charge in [0.1, 0.15) is 0 Å². The first-order valence-electron chi connectivity index (χ1n) is 9.30. The van der Waals surface area contributed by atoms with Crippen molar-refractivity contribution in [2.45, 2.75) is 51.0 Å². The lowest BCUT2D eigenvalue weighted by atomic mass is 9.67. The molecule has 138 valence electrons. The van der Waals surface area contributed by atoms with Crippen molar-refractivity contribution in [2.24, 2.45) is 5.41 Å². The number of hydrogen-bond donors (Lipinski definition) is 1. The van der Waals surface area contributed by atoms with Gasteiger partial charge < -0.3 is 14.9 Å². The van der Waals surface area contributed by atoms with Crippen molar-refractivity contribution in [3.8, 4) is 5.75 Å². The fraction of sp³-hybridized carbons (Fsp3) is 0.650. The van der Waals surface area contributed by atoms with Crippen LogP contribution in [0.2, 0.25) is 0 Å². The first-order chi connectivity index (χ1) is 11.9. The number of nitrogens with zero attached hydrogens (tertiary/aromatic N) is 2. The highest BCUT2D eigenvalue weighted by Gasteiger charge is 2.39. The summed E-state index contributed by atoms with van der Waals surface area (Å²) in [7, 11) is 4.33. The second-order valence-corrected chi connectivity index (χ2v) is 8.04. The molecule has 1 aromatic rings. The van der Waals surface area contributed by atoms with Crippen LogP contribution >= 0.6 is 0 Å². The third-order valence-electron chi connectivity index (χ3n) is 6.29. The fourth-order valence-electron chi connectivity index (χ4n) is 4.41. The zero-order chi connectivity index (χ0) is 18.0. The van der Waals surface area contributed by atoms with Crippen molar-refractivity contribution >= 4 is 5.91 Å². The molecule has 1 amide bonds. The molecule has 1 saturated heterocycles. The first-order valence-corrected chi connectivity index (χ1v) is 9.30. The van der Waals surface area contributed by atoms with Gasteiger partial charge in [0.15, 0.2) is 11.6 Å². The number of benzene rings is 1. The lowest BCUT2D eigenvalue weighted by Gasteiger charge is -2.47. The molecule has 1 saturated carbocycles. The van der Waals surface area contributed by atoms with Crippen LogP contribution in [0.3, 0.4) is 0 Å². The van der Waals surface area contributed by atoms with Gasteiger partial charge in [-0.05, 0) is 75.7 Å². The Bertz CT molecular complexity index is 614. The van der Waals surface area contributed by atoms with E-state index < -0.39 is 5.82 Å². The highest BCUT2D eigenvalue weighted by atomic mass is 19.1. The van der Waals surface area contributed by atoms with Crippen LogP contribution in [0.15, 0.2) is 18.2 Å². The monoisotopic (exact) mass is 348 g/mol. The van der Waals surface area contributed by atoms with Gasteiger partial charge in [-0.1, -0.05) is 6.07 Å². The Morgan fingerprint density at radius 3 is 2.44 bits per heavy atom. The number of rotatable bonds is 3. The summed E-state index contributed by atoms with van der Waals surface area (Å²) in [6.45, 7) is 1.62. The standard InChI is InChI=1S/C20H29FN2O2/c1-22(2)16-5-7-20(8-6-16)9-11-23(12-10-20)19(25)14-15-3-4-18(24)17(21)13-15/h3-4,13,16,24H,5-12,14H2,1-2H3. The summed E-state index contributed by atoms with van der Waals surface area (Å²) in [5.74, 6) is -0.980. The molecule has 1 aromatic carbocycles. The van der Waals surface area contributed by atoms with E-state index in [0.717, 1.165) is 25.9 Å². The molecule has 2 aliphatic rings. The summed E-state index contributed by atoms with van der Waals surface area (Å²) in [4.78, 5) is 16.8. The molecule has 25 heavy (non-hydrogen) atoms. The number of phenols is 1. The zero-order valence-electron chi connectivity index (χ0n) is 15.3. The molecular formula is C20H29FN2O2. The maximum Gasteiger partial charge on any atom is 0.226 e. The van der Waals surface area contributed by atoms with Crippen molar-refractivity contribution in [3.63, 3.8) is 0 Å². The number of phenolic OH excluding ortho intramolecular Hbond substituents is 1. The summed E-state index contributed by atoms with van der Waals surface area (Å²) < 4.78 is 13.4. The molecule has 1 heterocycles. The third kappa shape index (κ3) is 4.14. The Kier molecular flexibility index (Phi) is 5.32. The Balaban J connectivity index is 1.52. The quantitative estimate of drug-likeness (QED) is 0.912. The highest BCUT2D eigenvalue weighted by molar-refractivity contribution is 5.79. The summed E-state index contributed by atoms with van der Waals surface area (Å²) >= 11 is 0. The van der Waals surface area contributed by atoms with E-state index in [0.29, 0.717) is 17.0 Å². The normalized spacial score (nSPS) is 21.0. The van der Waals surface area contributed by atoms with Crippen LogP contribution in [0.5, 0.6) is 5.75 Å². The number of halogens is 1. The minimum atomic E-state index is -0.666. The van der Waals surface area contributed by atoms with E-state index in [1.807, 2.05) is 4.90 Å². The molecule has 0 bridgehead atoms. The summed E-state index contributed by atoms with van der Waals surface area (Å²) in [5, 5.41) is 9.25. The van der Waals surface area contributed by atoms with E-state index in [-0.39, 0.29) is 18.1 Å². The number of amides is 1. The van der Waals surface area contributed by atoms with Gasteiger partial charge in [-0.2, -0.15) is 0 Å². The van der Waals surface area contributed by atoms with E-state index in [1.54, 1.807) is 6.07 Å². The topological polar surface area (TPSA) is 43.8 Å². The van der Waals surface area contributed by atoms with Gasteiger partial charge in [0.2, 0.25) is 5.91 Å². The predicted octanol–water partition coefficient (Wildman–Crippen LogP) is 3.19. The molecule has 1 aliphatic heterocycles. The van der Waals surface area contributed by atoms with Gasteiger partial charge in [-0.25, -0.2) is 4.39 Å². The van der Waals surface area contributed by atoms with Crippen LogP contribution in [-0.4, -0.2) is 54.0 Å². The van der Waals surface area contributed by atoms with Crippen LogP contribution in [-0.2, 0) is 11.2 Å². The van der Waals surface area contributed by atoms with Crippen molar-refractivity contribution in [3.05, 3.63) is 29.6 Å². The summed E-state index contributed by atoms with van der Waals surface area (Å²) in [5.41, 5.74) is 1.04. The van der Waals surface area contributed by atoms with Crippen molar-refractivity contribution in [2.75, 3.05) is 27.2 Å². The van der Waals surface area contributed by atoms with E-state index in [1.165, 1.54) is 37.8 Å². The molecule has 5 heteroatoms. The minimum Gasteiger partial charge on any atom is -0.505 e. The molecule has 1 N–H and O–H groups in total. The zero-order valence-corrected chi connectivity index (χ0v) is 15.3. The highest BCUT2D eigenvalue weighted by Crippen LogP contribution is 2.45. The van der Waals surface area contributed by atoms with Gasteiger partial charge >= 0.3 is 0 Å². The number of aromatic hydroxyl groups is 1. The molecule has 3 rings (SSSR count). The fourth-order valence-corrected chi connectivity index (χ4v) is 4.41. The first kappa shape index (κ1) is 18.2. The third-order valence-corrected chi connectivity index (χ3v) is 6.29. The Morgan fingerprint density at radius 2 is 1.88 bits per heavy atom. The van der Waals surface area contributed by atoms with Gasteiger partial charge in [-0.3, -0.25) is 4.79 Å². The van der Waals surface area contributed by atoms with Gasteiger partial charge in [-0.15, -0.1) is 0 Å². The second-order valence-electron chi connectivity index (χ2n) is 8.04. The molecule has 0 aromatic heterocycles. The van der Waals surface area contributed by atoms with Crippen molar-refractivity contribution in [1.29, 1.82) is 0 Å². The molecule has 2 fully saturated rings. The van der Waals surface area contributed by atoms with Crippen LogP contribution in [0.4, 0.5) is 4.39 Å². The maximum atomic E-state index is 13.4. The number of hydrogen-bond acceptors (Lipinski definition) is 3. The molecule has 1 spiro atoms. The van der Waals surface area contributed by atoms with Crippen molar-refractivity contribution in [1.82, 2.24) is 9.80 Å². The van der Waals surface area contributed by atoms with Crippen LogP contribution in [0.25, 0.3) is 0 Å². The Labute approximate surface area is 149 Å². The average Bonchev–Trinajstić information content (AvgIpc) is 2.59. The largest absolute Gasteiger partial charge is 0.505 e. The van der Waals surface area contributed by atoms with E-state index >= 15 is 0 Å². The molecule has 1 aliphatic carbocycles. The summed E-state index contributed by atoms with van der Waals surface area (Å²) in [6.07, 6.45) is 7.42. The number of carbonyl (C=O) groups is 1. The number of carbonyl (C=O) groups excluding carboxylic acids is 1. The van der Waals surface area contributed by atoms with E-state index in [2.05, 4.69) is 19.0 Å². The molecular weight excluding hydrogens is 319 g/mol. The second kappa shape index (κ2) is 7.32. The van der Waals surface area contributed by atoms with Gasteiger partial charge in [0.25, 0.3) is 0 Å². The lowest BCUT2D eigenvalue weighted by Crippen LogP contribution is -2.46. The smallest absolute Gasteiger partial charge is 0.226 e.